The van der Waals surface area contributed by atoms with E-state index in [1.807, 2.05) is 12.1 Å². The molecule has 1 saturated heterocycles. The summed E-state index contributed by atoms with van der Waals surface area (Å²) in [6, 6.07) is 6.21. The van der Waals surface area contributed by atoms with Crippen molar-refractivity contribution in [1.29, 1.82) is 0 Å². The second kappa shape index (κ2) is 5.45. The smallest absolute Gasteiger partial charge is 0.0682 e. The van der Waals surface area contributed by atoms with Crippen molar-refractivity contribution >= 4 is 21.6 Å². The summed E-state index contributed by atoms with van der Waals surface area (Å²) in [6.45, 7) is 2.47. The summed E-state index contributed by atoms with van der Waals surface area (Å²) in [5.41, 5.74) is 2.93. The normalized spacial score (nSPS) is 22.1. The molecular formula is C16H22BrNO. The fraction of sp³-hybridized carbons (Fsp3) is 0.625. The molecule has 1 aromatic carbocycles. The molecule has 0 radical (unpaired) electrons. The van der Waals surface area contributed by atoms with Crippen LogP contribution in [0.2, 0.25) is 0 Å². The van der Waals surface area contributed by atoms with Gasteiger partial charge in [-0.25, -0.2) is 0 Å². The van der Waals surface area contributed by atoms with E-state index < -0.39 is 0 Å². The molecule has 3 rings (SSSR count). The fourth-order valence-electron chi connectivity index (χ4n) is 3.75. The van der Waals surface area contributed by atoms with Crippen LogP contribution in [0.3, 0.4) is 0 Å². The van der Waals surface area contributed by atoms with Gasteiger partial charge in [-0.15, -0.1) is 0 Å². The Morgan fingerprint density at radius 2 is 1.79 bits per heavy atom. The van der Waals surface area contributed by atoms with Crippen molar-refractivity contribution in [3.05, 3.63) is 28.2 Å². The number of aliphatic hydroxyl groups is 1. The van der Waals surface area contributed by atoms with Gasteiger partial charge in [0.05, 0.1) is 12.3 Å². The highest BCUT2D eigenvalue weighted by atomic mass is 79.9. The van der Waals surface area contributed by atoms with Gasteiger partial charge in [0, 0.05) is 17.6 Å². The summed E-state index contributed by atoms with van der Waals surface area (Å²) in [5.74, 6) is 0. The molecule has 2 aliphatic rings. The Hall–Kier alpha value is -0.540. The van der Waals surface area contributed by atoms with Crippen LogP contribution in [0.5, 0.6) is 0 Å². The molecule has 0 bridgehead atoms. The lowest BCUT2D eigenvalue weighted by Gasteiger charge is -2.40. The minimum absolute atomic E-state index is 0.113. The molecule has 1 aliphatic carbocycles. The summed E-state index contributed by atoms with van der Waals surface area (Å²) in [7, 11) is 0. The maximum absolute atomic E-state index is 9.17. The molecule has 1 heterocycles. The van der Waals surface area contributed by atoms with Crippen molar-refractivity contribution in [2.24, 2.45) is 5.41 Å². The summed E-state index contributed by atoms with van der Waals surface area (Å²) in [4.78, 5) is 2.49. The first-order valence-corrected chi connectivity index (χ1v) is 8.16. The molecule has 1 saturated carbocycles. The van der Waals surface area contributed by atoms with Crippen molar-refractivity contribution in [1.82, 2.24) is 0 Å². The van der Waals surface area contributed by atoms with Crippen molar-refractivity contribution in [2.45, 2.75) is 45.1 Å². The summed E-state index contributed by atoms with van der Waals surface area (Å²) in [6.07, 6.45) is 8.48. The van der Waals surface area contributed by atoms with Gasteiger partial charge in [0.15, 0.2) is 0 Å². The maximum Gasteiger partial charge on any atom is 0.0682 e. The molecule has 1 spiro atoms. The lowest BCUT2D eigenvalue weighted by Crippen LogP contribution is -2.39. The first-order valence-electron chi connectivity index (χ1n) is 7.37. The monoisotopic (exact) mass is 323 g/mol. The van der Waals surface area contributed by atoms with Crippen molar-refractivity contribution in [3.63, 3.8) is 0 Å². The molecule has 1 N–H and O–H groups in total. The van der Waals surface area contributed by atoms with E-state index in [2.05, 4.69) is 26.9 Å². The zero-order valence-electron chi connectivity index (χ0n) is 11.4. The van der Waals surface area contributed by atoms with E-state index in [4.69, 9.17) is 5.11 Å². The van der Waals surface area contributed by atoms with Crippen LogP contribution in [0.15, 0.2) is 22.7 Å². The molecule has 0 amide bonds. The van der Waals surface area contributed by atoms with Gasteiger partial charge in [0.25, 0.3) is 0 Å². The quantitative estimate of drug-likeness (QED) is 0.885. The molecule has 104 valence electrons. The Morgan fingerprint density at radius 3 is 2.37 bits per heavy atom. The predicted octanol–water partition coefficient (Wildman–Crippen LogP) is 4.10. The fourth-order valence-corrected chi connectivity index (χ4v) is 4.43. The lowest BCUT2D eigenvalue weighted by atomic mass is 9.77. The van der Waals surface area contributed by atoms with Crippen molar-refractivity contribution < 1.29 is 5.11 Å². The van der Waals surface area contributed by atoms with Crippen molar-refractivity contribution in [2.75, 3.05) is 18.0 Å². The van der Waals surface area contributed by atoms with Gasteiger partial charge in [-0.05, 0) is 64.7 Å². The molecule has 1 aromatic rings. The third-order valence-electron chi connectivity index (χ3n) is 5.02. The van der Waals surface area contributed by atoms with Gasteiger partial charge in [0.1, 0.15) is 0 Å². The van der Waals surface area contributed by atoms with Crippen LogP contribution in [0.25, 0.3) is 0 Å². The van der Waals surface area contributed by atoms with Crippen LogP contribution < -0.4 is 4.90 Å². The predicted molar refractivity (Wildman–Crippen MR) is 82.4 cm³/mol. The molecule has 1 aliphatic heterocycles. The van der Waals surface area contributed by atoms with E-state index in [9.17, 15) is 0 Å². The zero-order chi connectivity index (χ0) is 13.3. The Kier molecular flexibility index (Phi) is 3.86. The third kappa shape index (κ3) is 2.68. The Balaban J connectivity index is 1.71. The van der Waals surface area contributed by atoms with Gasteiger partial charge < -0.3 is 10.0 Å². The molecular weight excluding hydrogens is 302 g/mol. The number of benzene rings is 1. The Morgan fingerprint density at radius 1 is 1.11 bits per heavy atom. The number of piperidine rings is 1. The number of nitrogens with zero attached hydrogens (tertiary/aromatic N) is 1. The maximum atomic E-state index is 9.17. The molecule has 3 heteroatoms. The van der Waals surface area contributed by atoms with Crippen LogP contribution in [0.1, 0.15) is 44.1 Å². The Bertz CT molecular complexity index is 444. The van der Waals surface area contributed by atoms with Crippen LogP contribution in [0, 0.1) is 5.41 Å². The summed E-state index contributed by atoms with van der Waals surface area (Å²) >= 11 is 3.65. The van der Waals surface area contributed by atoms with Crippen LogP contribution in [0.4, 0.5) is 5.69 Å². The molecule has 0 unspecified atom stereocenters. The first kappa shape index (κ1) is 13.4. The van der Waals surface area contributed by atoms with Gasteiger partial charge in [-0.1, -0.05) is 18.9 Å². The second-order valence-corrected chi connectivity index (χ2v) is 6.99. The van der Waals surface area contributed by atoms with E-state index in [0.29, 0.717) is 5.41 Å². The van der Waals surface area contributed by atoms with E-state index >= 15 is 0 Å². The van der Waals surface area contributed by atoms with Gasteiger partial charge in [-0.3, -0.25) is 0 Å². The number of halogens is 1. The average Bonchev–Trinajstić information content (AvgIpc) is 2.88. The number of anilines is 1. The second-order valence-electron chi connectivity index (χ2n) is 6.14. The number of rotatable bonds is 2. The van der Waals surface area contributed by atoms with E-state index in [0.717, 1.165) is 10.0 Å². The topological polar surface area (TPSA) is 23.5 Å². The van der Waals surface area contributed by atoms with Gasteiger partial charge in [-0.2, -0.15) is 0 Å². The van der Waals surface area contributed by atoms with Gasteiger partial charge >= 0.3 is 0 Å². The number of hydrogen-bond acceptors (Lipinski definition) is 2. The van der Waals surface area contributed by atoms with Crippen molar-refractivity contribution in [3.8, 4) is 0 Å². The number of aliphatic hydroxyl groups excluding tert-OH is 1. The highest BCUT2D eigenvalue weighted by Gasteiger charge is 2.37. The molecule has 0 aromatic heterocycles. The Labute approximate surface area is 123 Å². The van der Waals surface area contributed by atoms with Gasteiger partial charge in [0.2, 0.25) is 0 Å². The summed E-state index contributed by atoms with van der Waals surface area (Å²) in [5, 5.41) is 9.17. The van der Waals surface area contributed by atoms with E-state index in [-0.39, 0.29) is 6.61 Å². The van der Waals surface area contributed by atoms with E-state index in [1.165, 1.54) is 57.3 Å². The van der Waals surface area contributed by atoms with E-state index in [1.54, 1.807) is 0 Å². The lowest BCUT2D eigenvalue weighted by molar-refractivity contribution is 0.226. The molecule has 2 fully saturated rings. The molecule has 0 atom stereocenters. The summed E-state index contributed by atoms with van der Waals surface area (Å²) < 4.78 is 1.11. The zero-order valence-corrected chi connectivity index (χ0v) is 13.0. The molecule has 2 nitrogen and oxygen atoms in total. The van der Waals surface area contributed by atoms with Crippen LogP contribution in [-0.4, -0.2) is 18.2 Å². The largest absolute Gasteiger partial charge is 0.392 e. The van der Waals surface area contributed by atoms with Crippen LogP contribution in [-0.2, 0) is 6.61 Å². The molecule has 19 heavy (non-hydrogen) atoms. The first-order chi connectivity index (χ1) is 9.22. The number of hydrogen-bond donors (Lipinski definition) is 1. The third-order valence-corrected chi connectivity index (χ3v) is 5.66. The highest BCUT2D eigenvalue weighted by molar-refractivity contribution is 9.10. The SMILES string of the molecule is OCc1ccc(N2CCC3(CCCC3)CC2)c(Br)c1. The van der Waals surface area contributed by atoms with Crippen LogP contribution >= 0.6 is 15.9 Å². The average molecular weight is 324 g/mol. The highest BCUT2D eigenvalue weighted by Crippen LogP contribution is 2.47. The minimum atomic E-state index is 0.113. The standard InChI is InChI=1S/C16H22BrNO/c17-14-11-13(12-19)3-4-15(14)18-9-7-16(8-10-18)5-1-2-6-16/h3-4,11,19H,1-2,5-10,12H2. The minimum Gasteiger partial charge on any atom is -0.392 e.